The highest BCUT2D eigenvalue weighted by atomic mass is 19.1. The molecule has 0 fully saturated rings. The zero-order valence-corrected chi connectivity index (χ0v) is 13.3. The molecule has 2 heterocycles. The van der Waals surface area contributed by atoms with Gasteiger partial charge in [0.1, 0.15) is 23.6 Å². The molecule has 0 radical (unpaired) electrons. The number of H-pyrrole nitrogens is 1. The summed E-state index contributed by atoms with van der Waals surface area (Å²) in [5.74, 6) is 0.0433. The van der Waals surface area contributed by atoms with Crippen molar-refractivity contribution in [3.8, 4) is 11.3 Å². The smallest absolute Gasteiger partial charge is 0.270 e. The highest BCUT2D eigenvalue weighted by molar-refractivity contribution is 5.93. The van der Waals surface area contributed by atoms with Crippen molar-refractivity contribution in [3.63, 3.8) is 0 Å². The van der Waals surface area contributed by atoms with Gasteiger partial charge in [0.25, 0.3) is 5.69 Å². The Morgan fingerprint density at radius 3 is 2.73 bits per heavy atom. The number of nitrogens with zero attached hydrogens (tertiary/aromatic N) is 3. The fourth-order valence-electron chi connectivity index (χ4n) is 2.67. The third-order valence-corrected chi connectivity index (χ3v) is 3.92. The number of non-ortho nitro benzene ring substituents is 1. The number of aromatic nitrogens is 3. The van der Waals surface area contributed by atoms with Crippen LogP contribution in [0.5, 0.6) is 0 Å². The zero-order chi connectivity index (χ0) is 18.1. The number of nitrogens with one attached hydrogen (secondary N) is 2. The van der Waals surface area contributed by atoms with E-state index >= 15 is 0 Å². The molecule has 0 spiro atoms. The first-order chi connectivity index (χ1) is 12.6. The first kappa shape index (κ1) is 15.7. The molecule has 0 aliphatic carbocycles. The first-order valence-corrected chi connectivity index (χ1v) is 7.72. The summed E-state index contributed by atoms with van der Waals surface area (Å²) in [6, 6.07) is 14.3. The van der Waals surface area contributed by atoms with Gasteiger partial charge < -0.3 is 10.3 Å². The molecule has 0 bridgehead atoms. The van der Waals surface area contributed by atoms with Crippen LogP contribution in [-0.4, -0.2) is 19.9 Å². The molecule has 4 rings (SSSR count). The van der Waals surface area contributed by atoms with Gasteiger partial charge >= 0.3 is 0 Å². The number of nitro groups is 1. The average Bonchev–Trinajstić information content (AvgIpc) is 3.09. The molecule has 0 saturated heterocycles. The standard InChI is InChI=1S/C18H12FN5O2/c19-14-6-1-2-7-15(14)22-17-13-9-16(23-18(13)21-10-20-17)11-4-3-5-12(8-11)24(25)26/h1-10H,(H2,20,21,22,23). The van der Waals surface area contributed by atoms with Gasteiger partial charge in [0.2, 0.25) is 0 Å². The molecule has 8 heteroatoms. The van der Waals surface area contributed by atoms with E-state index < -0.39 is 10.7 Å². The lowest BCUT2D eigenvalue weighted by atomic mass is 10.1. The van der Waals surface area contributed by atoms with Gasteiger partial charge in [0.15, 0.2) is 0 Å². The van der Waals surface area contributed by atoms with E-state index in [-0.39, 0.29) is 5.69 Å². The van der Waals surface area contributed by atoms with Gasteiger partial charge in [0.05, 0.1) is 16.0 Å². The Balaban J connectivity index is 1.78. The molecule has 0 amide bonds. The summed E-state index contributed by atoms with van der Waals surface area (Å²) in [7, 11) is 0. The number of fused-ring (bicyclic) bond motifs is 1. The minimum Gasteiger partial charge on any atom is -0.339 e. The maximum atomic E-state index is 13.9. The summed E-state index contributed by atoms with van der Waals surface area (Å²) in [4.78, 5) is 22.0. The predicted molar refractivity (Wildman–Crippen MR) is 95.7 cm³/mol. The summed E-state index contributed by atoms with van der Waals surface area (Å²) in [5.41, 5.74) is 2.14. The second kappa shape index (κ2) is 6.25. The second-order valence-electron chi connectivity index (χ2n) is 5.58. The summed E-state index contributed by atoms with van der Waals surface area (Å²) in [6.07, 6.45) is 1.36. The fraction of sp³-hybridized carbons (Fsp3) is 0. The Morgan fingerprint density at radius 2 is 1.92 bits per heavy atom. The van der Waals surface area contributed by atoms with Crippen molar-refractivity contribution >= 4 is 28.2 Å². The Hall–Kier alpha value is -3.81. The van der Waals surface area contributed by atoms with Crippen LogP contribution in [-0.2, 0) is 0 Å². The summed E-state index contributed by atoms with van der Waals surface area (Å²) in [6.45, 7) is 0. The van der Waals surface area contributed by atoms with Crippen LogP contribution in [0.2, 0.25) is 0 Å². The third kappa shape index (κ3) is 2.84. The molecule has 0 unspecified atom stereocenters. The van der Waals surface area contributed by atoms with Gasteiger partial charge in [-0.15, -0.1) is 0 Å². The van der Waals surface area contributed by atoms with Crippen LogP contribution in [0.4, 0.5) is 21.6 Å². The average molecular weight is 349 g/mol. The second-order valence-corrected chi connectivity index (χ2v) is 5.58. The molecule has 2 aromatic carbocycles. The minimum absolute atomic E-state index is 0.00283. The summed E-state index contributed by atoms with van der Waals surface area (Å²) >= 11 is 0. The molecule has 2 N–H and O–H groups in total. The Morgan fingerprint density at radius 1 is 1.08 bits per heavy atom. The molecule has 2 aromatic heterocycles. The lowest BCUT2D eigenvalue weighted by Crippen LogP contribution is -1.97. The molecule has 4 aromatic rings. The van der Waals surface area contributed by atoms with Crippen molar-refractivity contribution in [1.29, 1.82) is 0 Å². The van der Waals surface area contributed by atoms with Crippen molar-refractivity contribution in [1.82, 2.24) is 15.0 Å². The minimum atomic E-state index is -0.447. The van der Waals surface area contributed by atoms with Gasteiger partial charge in [0, 0.05) is 23.4 Å². The quantitative estimate of drug-likeness (QED) is 0.420. The number of hydrogen-bond donors (Lipinski definition) is 2. The Bertz CT molecular complexity index is 1130. The molecular weight excluding hydrogens is 337 g/mol. The highest BCUT2D eigenvalue weighted by Gasteiger charge is 2.13. The highest BCUT2D eigenvalue weighted by Crippen LogP contribution is 2.30. The lowest BCUT2D eigenvalue weighted by Gasteiger charge is -2.06. The van der Waals surface area contributed by atoms with Crippen LogP contribution in [0.3, 0.4) is 0 Å². The van der Waals surface area contributed by atoms with E-state index in [1.54, 1.807) is 36.4 Å². The molecule has 7 nitrogen and oxygen atoms in total. The number of hydrogen-bond acceptors (Lipinski definition) is 5. The van der Waals surface area contributed by atoms with E-state index in [0.717, 1.165) is 0 Å². The van der Waals surface area contributed by atoms with Gasteiger partial charge in [-0.1, -0.05) is 24.3 Å². The Labute approximate surface area is 146 Å². The van der Waals surface area contributed by atoms with Crippen LogP contribution in [0.1, 0.15) is 0 Å². The number of benzene rings is 2. The number of rotatable bonds is 4. The molecule has 128 valence electrons. The van der Waals surface area contributed by atoms with Crippen LogP contribution in [0.25, 0.3) is 22.3 Å². The van der Waals surface area contributed by atoms with Crippen molar-refractivity contribution in [2.24, 2.45) is 0 Å². The Kier molecular flexibility index (Phi) is 3.77. The number of para-hydroxylation sites is 1. The largest absolute Gasteiger partial charge is 0.339 e. The number of nitro benzene ring substituents is 1. The monoisotopic (exact) mass is 349 g/mol. The molecule has 0 aliphatic heterocycles. The van der Waals surface area contributed by atoms with E-state index in [9.17, 15) is 14.5 Å². The normalized spacial score (nSPS) is 10.8. The van der Waals surface area contributed by atoms with Crippen molar-refractivity contribution in [2.45, 2.75) is 0 Å². The van der Waals surface area contributed by atoms with E-state index in [1.165, 1.54) is 24.5 Å². The summed E-state index contributed by atoms with van der Waals surface area (Å²) in [5, 5.41) is 14.6. The lowest BCUT2D eigenvalue weighted by molar-refractivity contribution is -0.384. The SMILES string of the molecule is O=[N+]([O-])c1cccc(-c2cc3c(Nc4ccccc4F)ncnc3[nH]2)c1. The van der Waals surface area contributed by atoms with E-state index in [2.05, 4.69) is 20.3 Å². The number of aromatic amines is 1. The van der Waals surface area contributed by atoms with Crippen LogP contribution >= 0.6 is 0 Å². The van der Waals surface area contributed by atoms with Crippen LogP contribution < -0.4 is 5.32 Å². The van der Waals surface area contributed by atoms with Crippen LogP contribution in [0, 0.1) is 15.9 Å². The molecule has 0 atom stereocenters. The number of halogens is 1. The topological polar surface area (TPSA) is 96.7 Å². The third-order valence-electron chi connectivity index (χ3n) is 3.92. The zero-order valence-electron chi connectivity index (χ0n) is 13.3. The fourth-order valence-corrected chi connectivity index (χ4v) is 2.67. The van der Waals surface area contributed by atoms with Gasteiger partial charge in [-0.25, -0.2) is 14.4 Å². The molecular formula is C18H12FN5O2. The molecule has 0 saturated carbocycles. The van der Waals surface area contributed by atoms with Crippen molar-refractivity contribution in [2.75, 3.05) is 5.32 Å². The van der Waals surface area contributed by atoms with Crippen molar-refractivity contribution in [3.05, 3.63) is 76.9 Å². The predicted octanol–water partition coefficient (Wildman–Crippen LogP) is 4.42. The number of anilines is 2. The maximum Gasteiger partial charge on any atom is 0.270 e. The van der Waals surface area contributed by atoms with E-state index in [0.29, 0.717) is 33.8 Å². The molecule has 0 aliphatic rings. The van der Waals surface area contributed by atoms with Crippen LogP contribution in [0.15, 0.2) is 60.9 Å². The van der Waals surface area contributed by atoms with E-state index in [4.69, 9.17) is 0 Å². The van der Waals surface area contributed by atoms with Gasteiger partial charge in [-0.3, -0.25) is 10.1 Å². The first-order valence-electron chi connectivity index (χ1n) is 7.72. The molecule has 26 heavy (non-hydrogen) atoms. The van der Waals surface area contributed by atoms with Gasteiger partial charge in [-0.05, 0) is 18.2 Å². The van der Waals surface area contributed by atoms with Crippen molar-refractivity contribution < 1.29 is 9.31 Å². The summed E-state index contributed by atoms with van der Waals surface area (Å²) < 4.78 is 13.9. The van der Waals surface area contributed by atoms with Gasteiger partial charge in [-0.2, -0.15) is 0 Å². The van der Waals surface area contributed by atoms with E-state index in [1.807, 2.05) is 0 Å². The maximum absolute atomic E-state index is 13.9.